The molecule has 0 radical (unpaired) electrons. The number of hydrogen-bond donors (Lipinski definition) is 2. The summed E-state index contributed by atoms with van der Waals surface area (Å²) in [6.07, 6.45) is 1.50. The monoisotopic (exact) mass is 593 g/mol. The van der Waals surface area contributed by atoms with Gasteiger partial charge in [-0.1, -0.05) is 41.1 Å². The average molecular weight is 594 g/mol. The van der Waals surface area contributed by atoms with Crippen LogP contribution in [-0.4, -0.2) is 102 Å². The number of amides is 1. The van der Waals surface area contributed by atoms with Gasteiger partial charge in [0.15, 0.2) is 0 Å². The highest BCUT2D eigenvalue weighted by Crippen LogP contribution is 2.20. The number of pyridine rings is 1. The van der Waals surface area contributed by atoms with Crippen molar-refractivity contribution in [2.45, 2.75) is 13.5 Å². The predicted octanol–water partition coefficient (Wildman–Crippen LogP) is 2.08. The molecule has 2 fully saturated rings. The Kier molecular flexibility index (Phi) is 11.5. The molecule has 9 nitrogen and oxygen atoms in total. The molecule has 0 unspecified atom stereocenters. The lowest BCUT2D eigenvalue weighted by Crippen LogP contribution is -2.47. The SMILES string of the molecule is Cc1ccc(Cl)cc1.Cn1cc(C(N)=O)c(=O)c2cc(CN3CCOCC3)cc(C#CCN3CCN(CCO)CC3)c21. The van der Waals surface area contributed by atoms with Crippen LogP contribution in [0.25, 0.3) is 10.9 Å². The molecule has 5 rings (SSSR count). The molecule has 1 amide bonds. The molecular formula is C32H40ClN5O4. The van der Waals surface area contributed by atoms with Gasteiger partial charge < -0.3 is 20.1 Å². The van der Waals surface area contributed by atoms with E-state index in [2.05, 4.69) is 26.5 Å². The average Bonchev–Trinajstić information content (AvgIpc) is 2.98. The van der Waals surface area contributed by atoms with Gasteiger partial charge in [0, 0.05) is 81.6 Å². The first-order valence-electron chi connectivity index (χ1n) is 14.3. The first-order valence-corrected chi connectivity index (χ1v) is 14.7. The van der Waals surface area contributed by atoms with E-state index in [1.807, 2.05) is 43.3 Å². The number of nitrogens with zero attached hydrogens (tertiary/aromatic N) is 4. The van der Waals surface area contributed by atoms with Crippen molar-refractivity contribution in [2.75, 3.05) is 72.2 Å². The maximum absolute atomic E-state index is 13.1. The molecule has 0 aliphatic carbocycles. The number of benzene rings is 2. The number of aliphatic hydroxyl groups excluding tert-OH is 1. The summed E-state index contributed by atoms with van der Waals surface area (Å²) in [6, 6.07) is 11.7. The summed E-state index contributed by atoms with van der Waals surface area (Å²) < 4.78 is 7.22. The van der Waals surface area contributed by atoms with Crippen LogP contribution in [0.2, 0.25) is 5.02 Å². The first kappa shape index (κ1) is 31.7. The van der Waals surface area contributed by atoms with E-state index in [0.29, 0.717) is 43.8 Å². The first-order chi connectivity index (χ1) is 20.2. The number of carbonyl (C=O) groups excluding carboxylic acids is 1. The second-order valence-electron chi connectivity index (χ2n) is 10.7. The number of aryl methyl sites for hydroxylation is 2. The molecular weight excluding hydrogens is 554 g/mol. The molecule has 3 heterocycles. The number of rotatable bonds is 6. The Morgan fingerprint density at radius 1 is 1.02 bits per heavy atom. The fraction of sp³-hybridized carbons (Fsp3) is 0.438. The Hall–Kier alpha value is -3.23. The van der Waals surface area contributed by atoms with E-state index in [1.54, 1.807) is 11.6 Å². The molecule has 3 aromatic rings. The number of β-amino-alcohol motifs (C(OH)–C–C–N with tert-alkyl or cyclic N) is 1. The third kappa shape index (κ3) is 8.65. The maximum atomic E-state index is 13.1. The number of ether oxygens (including phenoxy) is 1. The molecule has 2 aromatic carbocycles. The fourth-order valence-electron chi connectivity index (χ4n) is 5.18. The highest BCUT2D eigenvalue weighted by molar-refractivity contribution is 6.30. The predicted molar refractivity (Wildman–Crippen MR) is 167 cm³/mol. The molecule has 2 saturated heterocycles. The van der Waals surface area contributed by atoms with Crippen LogP contribution in [0.15, 0.2) is 47.4 Å². The van der Waals surface area contributed by atoms with Gasteiger partial charge in [-0.25, -0.2) is 0 Å². The number of aromatic nitrogens is 1. The van der Waals surface area contributed by atoms with E-state index in [1.165, 1.54) is 11.8 Å². The molecule has 0 spiro atoms. The standard InChI is InChI=1S/C25H33N5O4.C7H7Cl/c1-27-18-22(25(26)33)24(32)21-16-19(17-30-10-13-34-14-11-30)15-20(23(21)27)3-2-4-28-5-7-29(8-6-28)9-12-31;1-6-2-4-7(8)5-3-6/h15-16,18,31H,4-14,17H2,1H3,(H2,26,33);2-5H,1H3. The van der Waals surface area contributed by atoms with Crippen LogP contribution >= 0.6 is 11.6 Å². The van der Waals surface area contributed by atoms with E-state index in [9.17, 15) is 9.59 Å². The van der Waals surface area contributed by atoms with Gasteiger partial charge in [-0.05, 0) is 36.8 Å². The zero-order valence-electron chi connectivity index (χ0n) is 24.4. The third-order valence-electron chi connectivity index (χ3n) is 7.53. The lowest BCUT2D eigenvalue weighted by atomic mass is 10.0. The Balaban J connectivity index is 0.000000437. The summed E-state index contributed by atoms with van der Waals surface area (Å²) in [5.74, 6) is 5.87. The Morgan fingerprint density at radius 2 is 1.69 bits per heavy atom. The van der Waals surface area contributed by atoms with Crippen molar-refractivity contribution in [3.63, 3.8) is 0 Å². The number of nitrogens with two attached hydrogens (primary N) is 1. The van der Waals surface area contributed by atoms with Gasteiger partial charge in [-0.3, -0.25) is 24.3 Å². The number of morpholine rings is 1. The molecule has 0 saturated carbocycles. The molecule has 2 aliphatic rings. The Bertz CT molecular complexity index is 1460. The van der Waals surface area contributed by atoms with Crippen molar-refractivity contribution < 1.29 is 14.6 Å². The van der Waals surface area contributed by atoms with Crippen molar-refractivity contribution in [1.29, 1.82) is 0 Å². The van der Waals surface area contributed by atoms with Crippen molar-refractivity contribution in [2.24, 2.45) is 12.8 Å². The second-order valence-corrected chi connectivity index (χ2v) is 11.2. The van der Waals surface area contributed by atoms with Crippen LogP contribution in [0, 0.1) is 18.8 Å². The van der Waals surface area contributed by atoms with Gasteiger partial charge in [-0.15, -0.1) is 0 Å². The van der Waals surface area contributed by atoms with Crippen LogP contribution in [0.1, 0.15) is 27.0 Å². The summed E-state index contributed by atoms with van der Waals surface area (Å²) in [5.41, 5.74) is 8.81. The summed E-state index contributed by atoms with van der Waals surface area (Å²) in [6.45, 7) is 11.0. The highest BCUT2D eigenvalue weighted by Gasteiger charge is 2.18. The van der Waals surface area contributed by atoms with Gasteiger partial charge in [0.1, 0.15) is 5.56 Å². The van der Waals surface area contributed by atoms with E-state index in [0.717, 1.165) is 55.4 Å². The van der Waals surface area contributed by atoms with Gasteiger partial charge in [0.2, 0.25) is 5.43 Å². The molecule has 0 bridgehead atoms. The highest BCUT2D eigenvalue weighted by atomic mass is 35.5. The number of halogens is 1. The Morgan fingerprint density at radius 3 is 2.31 bits per heavy atom. The quantitative estimate of drug-likeness (QED) is 0.422. The molecule has 2 aliphatic heterocycles. The number of hydrogen-bond acceptors (Lipinski definition) is 7. The Labute approximate surface area is 252 Å². The van der Waals surface area contributed by atoms with Crippen LogP contribution < -0.4 is 11.2 Å². The fourth-order valence-corrected chi connectivity index (χ4v) is 5.31. The summed E-state index contributed by atoms with van der Waals surface area (Å²) in [5, 5.41) is 10.4. The molecule has 10 heteroatoms. The van der Waals surface area contributed by atoms with Crippen LogP contribution in [-0.2, 0) is 18.3 Å². The van der Waals surface area contributed by atoms with E-state index in [4.69, 9.17) is 27.2 Å². The normalized spacial score (nSPS) is 16.4. The second kappa shape index (κ2) is 15.3. The van der Waals surface area contributed by atoms with Gasteiger partial charge >= 0.3 is 0 Å². The number of piperazine rings is 1. The largest absolute Gasteiger partial charge is 0.395 e. The molecule has 42 heavy (non-hydrogen) atoms. The summed E-state index contributed by atoms with van der Waals surface area (Å²) >= 11 is 5.61. The number of primary amides is 1. The van der Waals surface area contributed by atoms with Gasteiger partial charge in [-0.2, -0.15) is 0 Å². The van der Waals surface area contributed by atoms with Crippen LogP contribution in [0.3, 0.4) is 0 Å². The van der Waals surface area contributed by atoms with Crippen molar-refractivity contribution in [3.8, 4) is 11.8 Å². The molecule has 1 aromatic heterocycles. The number of fused-ring (bicyclic) bond motifs is 1. The minimum Gasteiger partial charge on any atom is -0.395 e. The number of carbonyl (C=O) groups is 1. The van der Waals surface area contributed by atoms with Crippen molar-refractivity contribution in [1.82, 2.24) is 19.3 Å². The van der Waals surface area contributed by atoms with E-state index in [-0.39, 0.29) is 17.6 Å². The van der Waals surface area contributed by atoms with Gasteiger partial charge in [0.05, 0.1) is 31.9 Å². The smallest absolute Gasteiger partial charge is 0.254 e. The van der Waals surface area contributed by atoms with Gasteiger partial charge in [0.25, 0.3) is 5.91 Å². The summed E-state index contributed by atoms with van der Waals surface area (Å²) in [7, 11) is 1.81. The van der Waals surface area contributed by atoms with E-state index >= 15 is 0 Å². The topological polar surface area (TPSA) is 104 Å². The zero-order valence-corrected chi connectivity index (χ0v) is 25.2. The molecule has 3 N–H and O–H groups in total. The minimum absolute atomic E-state index is 0.0156. The lowest BCUT2D eigenvalue weighted by molar-refractivity contribution is 0.0342. The summed E-state index contributed by atoms with van der Waals surface area (Å²) in [4.78, 5) is 31.8. The minimum atomic E-state index is -0.728. The third-order valence-corrected chi connectivity index (χ3v) is 7.78. The number of aliphatic hydroxyl groups is 1. The lowest BCUT2D eigenvalue weighted by Gasteiger charge is -2.33. The van der Waals surface area contributed by atoms with Crippen LogP contribution in [0.4, 0.5) is 0 Å². The van der Waals surface area contributed by atoms with Crippen LogP contribution in [0.5, 0.6) is 0 Å². The zero-order chi connectivity index (χ0) is 30.1. The van der Waals surface area contributed by atoms with Crippen molar-refractivity contribution in [3.05, 3.63) is 80.1 Å². The molecule has 0 atom stereocenters. The maximum Gasteiger partial charge on any atom is 0.254 e. The van der Waals surface area contributed by atoms with E-state index < -0.39 is 5.91 Å². The molecule has 224 valence electrons. The van der Waals surface area contributed by atoms with Crippen molar-refractivity contribution >= 4 is 28.4 Å².